The Balaban J connectivity index is 1.70. The number of furan rings is 1. The van der Waals surface area contributed by atoms with Crippen LogP contribution in [0, 0.1) is 19.3 Å². The van der Waals surface area contributed by atoms with Crippen LogP contribution in [0.1, 0.15) is 53.6 Å². The number of amides is 2. The third-order valence-electron chi connectivity index (χ3n) is 6.40. The van der Waals surface area contributed by atoms with Crippen molar-refractivity contribution in [2.75, 3.05) is 6.54 Å². The first-order chi connectivity index (χ1) is 13.5. The van der Waals surface area contributed by atoms with Crippen LogP contribution in [0.4, 0.5) is 0 Å². The van der Waals surface area contributed by atoms with Crippen LogP contribution in [0.25, 0.3) is 0 Å². The van der Waals surface area contributed by atoms with E-state index in [2.05, 4.69) is 17.4 Å². The average molecular weight is 380 g/mol. The average Bonchev–Trinajstić information content (AvgIpc) is 3.33. The van der Waals surface area contributed by atoms with Gasteiger partial charge < -0.3 is 14.6 Å². The molecule has 5 nitrogen and oxygen atoms in total. The second-order valence-corrected chi connectivity index (χ2v) is 8.17. The second-order valence-electron chi connectivity index (χ2n) is 8.17. The Morgan fingerprint density at radius 3 is 2.61 bits per heavy atom. The minimum absolute atomic E-state index is 0.00100. The number of rotatable bonds is 5. The smallest absolute Gasteiger partial charge is 0.257 e. The molecule has 2 amide bonds. The summed E-state index contributed by atoms with van der Waals surface area (Å²) in [4.78, 5) is 28.6. The van der Waals surface area contributed by atoms with Crippen molar-refractivity contribution in [1.82, 2.24) is 10.2 Å². The van der Waals surface area contributed by atoms with Gasteiger partial charge in [0.05, 0.1) is 11.0 Å². The maximum atomic E-state index is 13.4. The van der Waals surface area contributed by atoms with Gasteiger partial charge in [-0.1, -0.05) is 30.3 Å². The fourth-order valence-electron chi connectivity index (χ4n) is 5.28. The Kier molecular flexibility index (Phi) is 4.77. The van der Waals surface area contributed by atoms with Crippen LogP contribution in [0.5, 0.6) is 0 Å². The van der Waals surface area contributed by atoms with Crippen molar-refractivity contribution < 1.29 is 14.0 Å². The van der Waals surface area contributed by atoms with Crippen LogP contribution in [0.15, 0.2) is 40.8 Å². The lowest BCUT2D eigenvalue weighted by Crippen LogP contribution is -2.51. The summed E-state index contributed by atoms with van der Waals surface area (Å²) in [6.07, 6.45) is 3.21. The van der Waals surface area contributed by atoms with E-state index in [0.29, 0.717) is 24.3 Å². The summed E-state index contributed by atoms with van der Waals surface area (Å²) in [6, 6.07) is 12.0. The number of hydrogen-bond donors (Lipinski definition) is 1. The zero-order valence-corrected chi connectivity index (χ0v) is 16.8. The van der Waals surface area contributed by atoms with Gasteiger partial charge in [-0.15, -0.1) is 0 Å². The topological polar surface area (TPSA) is 62.6 Å². The third-order valence-corrected chi connectivity index (χ3v) is 6.40. The van der Waals surface area contributed by atoms with E-state index in [-0.39, 0.29) is 23.9 Å². The Labute approximate surface area is 166 Å². The van der Waals surface area contributed by atoms with Gasteiger partial charge in [-0.2, -0.15) is 0 Å². The predicted octanol–water partition coefficient (Wildman–Crippen LogP) is 3.64. The molecular weight excluding hydrogens is 352 g/mol. The Bertz CT molecular complexity index is 889. The van der Waals surface area contributed by atoms with Gasteiger partial charge in [-0.05, 0) is 58.1 Å². The lowest BCUT2D eigenvalue weighted by molar-refractivity contribution is -0.132. The van der Waals surface area contributed by atoms with Gasteiger partial charge in [-0.25, -0.2) is 0 Å². The van der Waals surface area contributed by atoms with Crippen molar-refractivity contribution in [3.8, 4) is 0 Å². The molecule has 0 aliphatic carbocycles. The lowest BCUT2D eigenvalue weighted by atomic mass is 9.69. The van der Waals surface area contributed by atoms with Crippen LogP contribution < -0.4 is 5.32 Å². The van der Waals surface area contributed by atoms with Crippen LogP contribution in [-0.2, 0) is 11.2 Å². The molecular formula is C23H28N2O3. The number of aryl methyl sites for hydroxylation is 2. The number of nitrogens with zero attached hydrogens (tertiary/aromatic N) is 1. The molecule has 3 heterocycles. The molecule has 0 spiro atoms. The second kappa shape index (κ2) is 7.12. The fraction of sp³-hybridized carbons (Fsp3) is 0.478. The maximum Gasteiger partial charge on any atom is 0.257 e. The van der Waals surface area contributed by atoms with Crippen molar-refractivity contribution >= 4 is 11.8 Å². The molecule has 2 bridgehead atoms. The SMILES string of the molecule is CCNC(=O)[C@]1(Cc2ccccc2)C[C@@H]2CC[C@H]1N2C(=O)c1cc(C)oc1C. The van der Waals surface area contributed by atoms with Gasteiger partial charge in [-0.3, -0.25) is 9.59 Å². The standard InChI is InChI=1S/C23H28N2O3/c1-4-24-22(27)23(13-17-8-6-5-7-9-17)14-18-10-11-20(23)25(18)21(26)19-12-15(2)28-16(19)3/h5-9,12,18,20H,4,10-11,13-14H2,1-3H3,(H,24,27)/t18-,20+,23+/m0/s1. The molecule has 3 atom stereocenters. The van der Waals surface area contributed by atoms with E-state index < -0.39 is 5.41 Å². The number of hydrogen-bond acceptors (Lipinski definition) is 3. The van der Waals surface area contributed by atoms with E-state index in [9.17, 15) is 9.59 Å². The van der Waals surface area contributed by atoms with E-state index in [1.165, 1.54) is 0 Å². The molecule has 2 fully saturated rings. The minimum atomic E-state index is -0.567. The van der Waals surface area contributed by atoms with Gasteiger partial charge >= 0.3 is 0 Å². The molecule has 5 heteroatoms. The molecule has 2 saturated heterocycles. The summed E-state index contributed by atoms with van der Waals surface area (Å²) in [6.45, 7) is 6.23. The molecule has 1 aromatic carbocycles. The van der Waals surface area contributed by atoms with Crippen LogP contribution in [0.2, 0.25) is 0 Å². The highest BCUT2D eigenvalue weighted by atomic mass is 16.3. The summed E-state index contributed by atoms with van der Waals surface area (Å²) in [5.41, 5.74) is 1.20. The van der Waals surface area contributed by atoms with Crippen molar-refractivity contribution in [3.63, 3.8) is 0 Å². The Morgan fingerprint density at radius 2 is 1.96 bits per heavy atom. The third kappa shape index (κ3) is 2.93. The summed E-state index contributed by atoms with van der Waals surface area (Å²) in [5.74, 6) is 1.47. The summed E-state index contributed by atoms with van der Waals surface area (Å²) >= 11 is 0. The highest BCUT2D eigenvalue weighted by molar-refractivity contribution is 5.97. The quantitative estimate of drug-likeness (QED) is 0.861. The van der Waals surface area contributed by atoms with Gasteiger partial charge in [0.15, 0.2) is 0 Å². The molecule has 148 valence electrons. The molecule has 2 aromatic rings. The van der Waals surface area contributed by atoms with Crippen molar-refractivity contribution in [3.05, 3.63) is 59.0 Å². The van der Waals surface area contributed by atoms with Crippen molar-refractivity contribution in [2.24, 2.45) is 5.41 Å². The number of carbonyl (C=O) groups is 2. The molecule has 0 saturated carbocycles. The van der Waals surface area contributed by atoms with Gasteiger partial charge in [0.2, 0.25) is 5.91 Å². The van der Waals surface area contributed by atoms with Gasteiger partial charge in [0.1, 0.15) is 11.5 Å². The van der Waals surface area contributed by atoms with Crippen LogP contribution >= 0.6 is 0 Å². The molecule has 0 radical (unpaired) electrons. The molecule has 1 N–H and O–H groups in total. The monoisotopic (exact) mass is 380 g/mol. The van der Waals surface area contributed by atoms with Crippen LogP contribution in [0.3, 0.4) is 0 Å². The summed E-state index contributed by atoms with van der Waals surface area (Å²) in [7, 11) is 0. The van der Waals surface area contributed by atoms with E-state index in [1.54, 1.807) is 0 Å². The van der Waals surface area contributed by atoms with Crippen LogP contribution in [-0.4, -0.2) is 35.3 Å². The Morgan fingerprint density at radius 1 is 1.21 bits per heavy atom. The zero-order valence-electron chi connectivity index (χ0n) is 16.8. The number of benzene rings is 1. The first-order valence-corrected chi connectivity index (χ1v) is 10.2. The zero-order chi connectivity index (χ0) is 19.9. The van der Waals surface area contributed by atoms with E-state index >= 15 is 0 Å². The Hall–Kier alpha value is -2.56. The highest BCUT2D eigenvalue weighted by Crippen LogP contribution is 2.52. The highest BCUT2D eigenvalue weighted by Gasteiger charge is 2.61. The first-order valence-electron chi connectivity index (χ1n) is 10.2. The number of nitrogens with one attached hydrogen (secondary N) is 1. The molecule has 4 rings (SSSR count). The largest absolute Gasteiger partial charge is 0.466 e. The normalized spacial score (nSPS) is 25.9. The van der Waals surface area contributed by atoms with Gasteiger partial charge in [0, 0.05) is 18.6 Å². The molecule has 2 aliphatic heterocycles. The minimum Gasteiger partial charge on any atom is -0.466 e. The number of carbonyl (C=O) groups excluding carboxylic acids is 2. The van der Waals surface area contributed by atoms with E-state index in [1.807, 2.05) is 49.9 Å². The molecule has 2 aliphatic rings. The summed E-state index contributed by atoms with van der Waals surface area (Å²) < 4.78 is 5.59. The first kappa shape index (κ1) is 18.8. The lowest BCUT2D eigenvalue weighted by Gasteiger charge is -2.36. The molecule has 0 unspecified atom stereocenters. The predicted molar refractivity (Wildman–Crippen MR) is 107 cm³/mol. The van der Waals surface area contributed by atoms with Crippen molar-refractivity contribution in [1.29, 1.82) is 0 Å². The van der Waals surface area contributed by atoms with E-state index in [0.717, 1.165) is 30.6 Å². The summed E-state index contributed by atoms with van der Waals surface area (Å²) in [5, 5.41) is 3.05. The van der Waals surface area contributed by atoms with Gasteiger partial charge in [0.25, 0.3) is 5.91 Å². The fourth-order valence-corrected chi connectivity index (χ4v) is 5.28. The van der Waals surface area contributed by atoms with Crippen molar-refractivity contribution in [2.45, 2.75) is 58.5 Å². The number of fused-ring (bicyclic) bond motifs is 2. The maximum absolute atomic E-state index is 13.4. The molecule has 28 heavy (non-hydrogen) atoms. The van der Waals surface area contributed by atoms with E-state index in [4.69, 9.17) is 4.42 Å². The molecule has 1 aromatic heterocycles.